The van der Waals surface area contributed by atoms with Crippen molar-refractivity contribution in [3.05, 3.63) is 29.3 Å². The van der Waals surface area contributed by atoms with Crippen LogP contribution in [0.3, 0.4) is 0 Å². The van der Waals surface area contributed by atoms with Crippen LogP contribution < -0.4 is 4.74 Å². The predicted molar refractivity (Wildman–Crippen MR) is 79.8 cm³/mol. The van der Waals surface area contributed by atoms with Crippen LogP contribution in [0.4, 0.5) is 0 Å². The predicted octanol–water partition coefficient (Wildman–Crippen LogP) is 3.30. The molecule has 0 radical (unpaired) electrons. The summed E-state index contributed by atoms with van der Waals surface area (Å²) in [6.45, 7) is 11.0. The summed E-state index contributed by atoms with van der Waals surface area (Å²) >= 11 is 0. The zero-order valence-corrected chi connectivity index (χ0v) is 13.1. The molecular formula is C16H25NO3. The van der Waals surface area contributed by atoms with E-state index in [0.717, 1.165) is 11.3 Å². The molecule has 0 aromatic heterocycles. The van der Waals surface area contributed by atoms with E-state index >= 15 is 0 Å². The molecule has 0 heterocycles. The Morgan fingerprint density at radius 1 is 1.30 bits per heavy atom. The van der Waals surface area contributed by atoms with Crippen LogP contribution in [-0.4, -0.2) is 30.7 Å². The van der Waals surface area contributed by atoms with Crippen molar-refractivity contribution in [2.75, 3.05) is 19.8 Å². The maximum atomic E-state index is 11.9. The molecule has 0 spiro atoms. The molecule has 0 saturated heterocycles. The standard InChI is InChI=1S/C16H25NO3/c1-6-17(20-7-2)16(18)11-19-15-10-14(12(3)4)9-8-13(15)5/h8-10,12H,6-7,11H2,1-5H3. The van der Waals surface area contributed by atoms with Gasteiger partial charge in [0.1, 0.15) is 5.75 Å². The highest BCUT2D eigenvalue weighted by molar-refractivity contribution is 5.76. The summed E-state index contributed by atoms with van der Waals surface area (Å²) in [7, 11) is 0. The molecule has 0 aliphatic rings. The number of aryl methyl sites for hydroxylation is 1. The number of carbonyl (C=O) groups is 1. The fourth-order valence-corrected chi connectivity index (χ4v) is 1.84. The third-order valence-corrected chi connectivity index (χ3v) is 3.08. The largest absolute Gasteiger partial charge is 0.483 e. The fraction of sp³-hybridized carbons (Fsp3) is 0.562. The van der Waals surface area contributed by atoms with Crippen molar-refractivity contribution in [3.63, 3.8) is 0 Å². The summed E-state index contributed by atoms with van der Waals surface area (Å²) in [6, 6.07) is 6.12. The average molecular weight is 279 g/mol. The second-order valence-electron chi connectivity index (χ2n) is 4.97. The van der Waals surface area contributed by atoms with Gasteiger partial charge in [0.15, 0.2) is 6.61 Å². The molecule has 0 aliphatic heterocycles. The van der Waals surface area contributed by atoms with Crippen molar-refractivity contribution < 1.29 is 14.4 Å². The Kier molecular flexibility index (Phi) is 6.52. The molecule has 0 bridgehead atoms. The normalized spacial score (nSPS) is 10.7. The van der Waals surface area contributed by atoms with Crippen LogP contribution in [0.5, 0.6) is 5.75 Å². The quantitative estimate of drug-likeness (QED) is 0.719. The smallest absolute Gasteiger partial charge is 0.283 e. The van der Waals surface area contributed by atoms with Crippen LogP contribution in [-0.2, 0) is 9.63 Å². The van der Waals surface area contributed by atoms with Crippen molar-refractivity contribution in [1.82, 2.24) is 5.06 Å². The van der Waals surface area contributed by atoms with Crippen molar-refractivity contribution in [2.45, 2.75) is 40.5 Å². The first-order chi connectivity index (χ1) is 9.49. The van der Waals surface area contributed by atoms with E-state index in [-0.39, 0.29) is 12.5 Å². The number of hydroxylamine groups is 2. The summed E-state index contributed by atoms with van der Waals surface area (Å²) in [5.74, 6) is 1.03. The third kappa shape index (κ3) is 4.53. The van der Waals surface area contributed by atoms with Crippen LogP contribution in [0.1, 0.15) is 44.7 Å². The van der Waals surface area contributed by atoms with Gasteiger partial charge in [-0.15, -0.1) is 0 Å². The molecule has 0 fully saturated rings. The highest BCUT2D eigenvalue weighted by Crippen LogP contribution is 2.24. The minimum absolute atomic E-state index is 0.00374. The van der Waals surface area contributed by atoms with E-state index in [1.54, 1.807) is 0 Å². The number of ether oxygens (including phenoxy) is 1. The molecule has 1 aromatic rings. The SMILES string of the molecule is CCON(CC)C(=O)COc1cc(C(C)C)ccc1C. The molecule has 0 aliphatic carbocycles. The summed E-state index contributed by atoms with van der Waals surface area (Å²) in [6.07, 6.45) is 0. The molecule has 1 rings (SSSR count). The Bertz CT molecular complexity index is 443. The van der Waals surface area contributed by atoms with E-state index in [9.17, 15) is 4.79 Å². The van der Waals surface area contributed by atoms with E-state index in [0.29, 0.717) is 19.1 Å². The van der Waals surface area contributed by atoms with Crippen molar-refractivity contribution in [3.8, 4) is 5.75 Å². The second kappa shape index (κ2) is 7.90. The van der Waals surface area contributed by atoms with Gasteiger partial charge in [-0.1, -0.05) is 26.0 Å². The summed E-state index contributed by atoms with van der Waals surface area (Å²) in [5.41, 5.74) is 2.23. The van der Waals surface area contributed by atoms with E-state index in [4.69, 9.17) is 9.57 Å². The number of nitrogens with zero attached hydrogens (tertiary/aromatic N) is 1. The summed E-state index contributed by atoms with van der Waals surface area (Å²) < 4.78 is 5.65. The lowest BCUT2D eigenvalue weighted by molar-refractivity contribution is -0.185. The van der Waals surface area contributed by atoms with Crippen molar-refractivity contribution in [2.24, 2.45) is 0 Å². The Balaban J connectivity index is 2.69. The van der Waals surface area contributed by atoms with Gasteiger partial charge in [-0.25, -0.2) is 5.06 Å². The van der Waals surface area contributed by atoms with E-state index in [1.165, 1.54) is 10.6 Å². The van der Waals surface area contributed by atoms with Crippen molar-refractivity contribution in [1.29, 1.82) is 0 Å². The Hall–Kier alpha value is -1.55. The minimum Gasteiger partial charge on any atom is -0.483 e. The Labute approximate surface area is 121 Å². The van der Waals surface area contributed by atoms with Gasteiger partial charge in [-0.3, -0.25) is 9.63 Å². The molecule has 0 atom stereocenters. The number of amides is 1. The Morgan fingerprint density at radius 2 is 2.00 bits per heavy atom. The first kappa shape index (κ1) is 16.5. The number of hydrogen-bond donors (Lipinski definition) is 0. The van der Waals surface area contributed by atoms with Gasteiger partial charge in [0, 0.05) is 6.54 Å². The second-order valence-corrected chi connectivity index (χ2v) is 4.97. The number of hydrogen-bond acceptors (Lipinski definition) is 3. The molecular weight excluding hydrogens is 254 g/mol. The molecule has 4 nitrogen and oxygen atoms in total. The molecule has 1 amide bonds. The van der Waals surface area contributed by atoms with Gasteiger partial charge < -0.3 is 4.74 Å². The lowest BCUT2D eigenvalue weighted by Crippen LogP contribution is -2.34. The molecule has 0 N–H and O–H groups in total. The number of benzene rings is 1. The van der Waals surface area contributed by atoms with Gasteiger partial charge in [0.25, 0.3) is 5.91 Å². The minimum atomic E-state index is -0.163. The number of rotatable bonds is 7. The van der Waals surface area contributed by atoms with Gasteiger partial charge in [-0.2, -0.15) is 0 Å². The first-order valence-electron chi connectivity index (χ1n) is 7.16. The fourth-order valence-electron chi connectivity index (χ4n) is 1.84. The molecule has 1 aromatic carbocycles. The van der Waals surface area contributed by atoms with Crippen LogP contribution in [0.15, 0.2) is 18.2 Å². The maximum Gasteiger partial charge on any atom is 0.283 e. The highest BCUT2D eigenvalue weighted by Gasteiger charge is 2.13. The van der Waals surface area contributed by atoms with Crippen LogP contribution in [0, 0.1) is 6.92 Å². The summed E-state index contributed by atoms with van der Waals surface area (Å²) in [4.78, 5) is 17.2. The average Bonchev–Trinajstić information content (AvgIpc) is 2.43. The summed E-state index contributed by atoms with van der Waals surface area (Å²) in [5, 5.41) is 1.33. The Morgan fingerprint density at radius 3 is 2.55 bits per heavy atom. The van der Waals surface area contributed by atoms with E-state index in [1.807, 2.05) is 32.9 Å². The highest BCUT2D eigenvalue weighted by atomic mass is 16.7. The zero-order valence-electron chi connectivity index (χ0n) is 13.1. The zero-order chi connectivity index (χ0) is 15.1. The van der Waals surface area contributed by atoms with E-state index < -0.39 is 0 Å². The molecule has 112 valence electrons. The monoisotopic (exact) mass is 279 g/mol. The third-order valence-electron chi connectivity index (χ3n) is 3.08. The number of carbonyl (C=O) groups excluding carboxylic acids is 1. The van der Waals surface area contributed by atoms with Gasteiger partial charge in [0.2, 0.25) is 0 Å². The molecule has 4 heteroatoms. The molecule has 20 heavy (non-hydrogen) atoms. The van der Waals surface area contributed by atoms with Gasteiger partial charge >= 0.3 is 0 Å². The van der Waals surface area contributed by atoms with Gasteiger partial charge in [0.05, 0.1) is 6.61 Å². The lowest BCUT2D eigenvalue weighted by Gasteiger charge is -2.20. The molecule has 0 unspecified atom stereocenters. The number of likely N-dealkylation sites (N-methyl/N-ethyl adjacent to an activating group) is 1. The van der Waals surface area contributed by atoms with E-state index in [2.05, 4.69) is 19.9 Å². The van der Waals surface area contributed by atoms with Crippen LogP contribution in [0.25, 0.3) is 0 Å². The maximum absolute atomic E-state index is 11.9. The van der Waals surface area contributed by atoms with Crippen LogP contribution >= 0.6 is 0 Å². The molecule has 0 saturated carbocycles. The van der Waals surface area contributed by atoms with Gasteiger partial charge in [-0.05, 0) is 43.9 Å². The lowest BCUT2D eigenvalue weighted by atomic mass is 10.0. The first-order valence-corrected chi connectivity index (χ1v) is 7.16. The van der Waals surface area contributed by atoms with Crippen molar-refractivity contribution >= 4 is 5.91 Å². The topological polar surface area (TPSA) is 38.8 Å². The van der Waals surface area contributed by atoms with Crippen LogP contribution in [0.2, 0.25) is 0 Å².